The van der Waals surface area contributed by atoms with Crippen molar-refractivity contribution >= 4 is 31.6 Å². The minimum atomic E-state index is -3.54. The molecular formula is C13H11BrN2O2S. The molecule has 2 heterocycles. The summed E-state index contributed by atoms with van der Waals surface area (Å²) in [4.78, 5) is 4.30. The normalized spacial score (nSPS) is 14.5. The van der Waals surface area contributed by atoms with Crippen LogP contribution in [0.4, 0.5) is 5.69 Å². The summed E-state index contributed by atoms with van der Waals surface area (Å²) in [5.41, 5.74) is 1.70. The smallest absolute Gasteiger partial charge is 0.264 e. The first-order valence-corrected chi connectivity index (χ1v) is 8.04. The molecule has 4 nitrogen and oxygen atoms in total. The van der Waals surface area contributed by atoms with Crippen LogP contribution in [0, 0.1) is 0 Å². The zero-order valence-corrected chi connectivity index (χ0v) is 12.4. The van der Waals surface area contributed by atoms with E-state index < -0.39 is 10.0 Å². The minimum absolute atomic E-state index is 0.284. The lowest BCUT2D eigenvalue weighted by molar-refractivity contribution is 0.592. The number of nitrogens with zero attached hydrogens (tertiary/aromatic N) is 2. The summed E-state index contributed by atoms with van der Waals surface area (Å²) in [7, 11) is -3.54. The van der Waals surface area contributed by atoms with Gasteiger partial charge in [-0.1, -0.05) is 12.1 Å². The molecular weight excluding hydrogens is 328 g/mol. The van der Waals surface area contributed by atoms with Gasteiger partial charge in [0.15, 0.2) is 0 Å². The highest BCUT2D eigenvalue weighted by Gasteiger charge is 2.31. The average molecular weight is 339 g/mol. The molecule has 0 radical (unpaired) electrons. The molecule has 1 aromatic carbocycles. The van der Waals surface area contributed by atoms with Crippen LogP contribution in [-0.4, -0.2) is 19.9 Å². The number of benzene rings is 1. The fourth-order valence-corrected chi connectivity index (χ4v) is 4.67. The molecule has 0 unspecified atom stereocenters. The zero-order chi connectivity index (χ0) is 13.5. The first-order chi connectivity index (χ1) is 9.10. The average Bonchev–Trinajstić information content (AvgIpc) is 2.83. The van der Waals surface area contributed by atoms with Crippen LogP contribution in [0.1, 0.15) is 5.56 Å². The second kappa shape index (κ2) is 4.61. The Morgan fingerprint density at radius 3 is 2.79 bits per heavy atom. The summed E-state index contributed by atoms with van der Waals surface area (Å²) >= 11 is 3.30. The molecule has 1 aliphatic heterocycles. The van der Waals surface area contributed by atoms with Crippen molar-refractivity contribution in [3.8, 4) is 0 Å². The summed E-state index contributed by atoms with van der Waals surface area (Å²) < 4.78 is 27.4. The molecule has 0 atom stereocenters. The molecule has 0 aliphatic carbocycles. The third-order valence-corrected chi connectivity index (χ3v) is 5.97. The Morgan fingerprint density at radius 1 is 1.21 bits per heavy atom. The SMILES string of the molecule is O=S(=O)(c1ccccc1Br)N1CCc2ccncc21. The number of pyridine rings is 1. The number of fused-ring (bicyclic) bond motifs is 1. The molecule has 0 spiro atoms. The Labute approximate surface area is 120 Å². The summed E-state index contributed by atoms with van der Waals surface area (Å²) in [6.07, 6.45) is 4.02. The van der Waals surface area contributed by atoms with Gasteiger partial charge in [-0.3, -0.25) is 9.29 Å². The van der Waals surface area contributed by atoms with Crippen molar-refractivity contribution in [3.63, 3.8) is 0 Å². The van der Waals surface area contributed by atoms with Gasteiger partial charge in [0.05, 0.1) is 11.9 Å². The van der Waals surface area contributed by atoms with E-state index in [1.54, 1.807) is 36.7 Å². The number of hydrogen-bond donors (Lipinski definition) is 0. The van der Waals surface area contributed by atoms with E-state index in [0.717, 1.165) is 12.0 Å². The van der Waals surface area contributed by atoms with E-state index >= 15 is 0 Å². The van der Waals surface area contributed by atoms with E-state index in [1.807, 2.05) is 6.07 Å². The quantitative estimate of drug-likeness (QED) is 0.845. The van der Waals surface area contributed by atoms with Crippen molar-refractivity contribution in [2.75, 3.05) is 10.8 Å². The van der Waals surface area contributed by atoms with Gasteiger partial charge in [0.1, 0.15) is 4.90 Å². The number of aromatic nitrogens is 1. The van der Waals surface area contributed by atoms with Gasteiger partial charge in [-0.05, 0) is 46.1 Å². The van der Waals surface area contributed by atoms with E-state index in [1.165, 1.54) is 4.31 Å². The lowest BCUT2D eigenvalue weighted by Gasteiger charge is -2.19. The molecule has 1 aliphatic rings. The van der Waals surface area contributed by atoms with Gasteiger partial charge < -0.3 is 0 Å². The Morgan fingerprint density at radius 2 is 2.00 bits per heavy atom. The van der Waals surface area contributed by atoms with Crippen LogP contribution in [0.15, 0.2) is 52.1 Å². The molecule has 0 amide bonds. The molecule has 2 aromatic rings. The summed E-state index contributed by atoms with van der Waals surface area (Å²) in [6, 6.07) is 8.71. The van der Waals surface area contributed by atoms with E-state index in [2.05, 4.69) is 20.9 Å². The van der Waals surface area contributed by atoms with Crippen LogP contribution in [0.5, 0.6) is 0 Å². The highest BCUT2D eigenvalue weighted by atomic mass is 79.9. The van der Waals surface area contributed by atoms with Crippen LogP contribution in [0.2, 0.25) is 0 Å². The van der Waals surface area contributed by atoms with Crippen LogP contribution < -0.4 is 4.31 Å². The molecule has 0 fully saturated rings. The predicted molar refractivity (Wildman–Crippen MR) is 76.6 cm³/mol. The second-order valence-electron chi connectivity index (χ2n) is 4.26. The van der Waals surface area contributed by atoms with Gasteiger partial charge in [0, 0.05) is 17.2 Å². The summed E-state index contributed by atoms with van der Waals surface area (Å²) in [6.45, 7) is 0.463. The van der Waals surface area contributed by atoms with Crippen LogP contribution in [-0.2, 0) is 16.4 Å². The van der Waals surface area contributed by atoms with Gasteiger partial charge in [-0.2, -0.15) is 0 Å². The fraction of sp³-hybridized carbons (Fsp3) is 0.154. The number of sulfonamides is 1. The van der Waals surface area contributed by atoms with Gasteiger partial charge in [-0.25, -0.2) is 8.42 Å². The molecule has 98 valence electrons. The van der Waals surface area contributed by atoms with E-state index in [4.69, 9.17) is 0 Å². The standard InChI is InChI=1S/C13H11BrN2O2S/c14-11-3-1-2-4-13(11)19(17,18)16-8-6-10-5-7-15-9-12(10)16/h1-5,7,9H,6,8H2. The van der Waals surface area contributed by atoms with Crippen LogP contribution in [0.25, 0.3) is 0 Å². The van der Waals surface area contributed by atoms with Gasteiger partial charge in [-0.15, -0.1) is 0 Å². The maximum absolute atomic E-state index is 12.7. The molecule has 6 heteroatoms. The largest absolute Gasteiger partial charge is 0.265 e. The molecule has 0 saturated heterocycles. The van der Waals surface area contributed by atoms with Gasteiger partial charge in [0.25, 0.3) is 10.0 Å². The summed E-state index contributed by atoms with van der Waals surface area (Å²) in [5.74, 6) is 0. The molecule has 19 heavy (non-hydrogen) atoms. The number of rotatable bonds is 2. The van der Waals surface area contributed by atoms with Gasteiger partial charge in [0.2, 0.25) is 0 Å². The lowest BCUT2D eigenvalue weighted by atomic mass is 10.2. The zero-order valence-electron chi connectivity index (χ0n) is 9.95. The van der Waals surface area contributed by atoms with Crippen molar-refractivity contribution in [1.29, 1.82) is 0 Å². The van der Waals surface area contributed by atoms with Crippen molar-refractivity contribution in [3.05, 3.63) is 52.8 Å². The number of hydrogen-bond acceptors (Lipinski definition) is 3. The monoisotopic (exact) mass is 338 g/mol. The molecule has 1 aromatic heterocycles. The van der Waals surface area contributed by atoms with Crippen LogP contribution >= 0.6 is 15.9 Å². The topological polar surface area (TPSA) is 50.3 Å². The third kappa shape index (κ3) is 2.04. The first kappa shape index (κ1) is 12.6. The predicted octanol–water partition coefficient (Wildman–Crippen LogP) is 2.60. The lowest BCUT2D eigenvalue weighted by Crippen LogP contribution is -2.29. The Balaban J connectivity index is 2.11. The second-order valence-corrected chi connectivity index (χ2v) is 6.95. The first-order valence-electron chi connectivity index (χ1n) is 5.81. The minimum Gasteiger partial charge on any atom is -0.264 e. The van der Waals surface area contributed by atoms with Crippen LogP contribution in [0.3, 0.4) is 0 Å². The Hall–Kier alpha value is -1.40. The van der Waals surface area contributed by atoms with E-state index in [0.29, 0.717) is 16.7 Å². The highest BCUT2D eigenvalue weighted by Crippen LogP contribution is 2.34. The fourth-order valence-electron chi connectivity index (χ4n) is 2.22. The molecule has 0 saturated carbocycles. The highest BCUT2D eigenvalue weighted by molar-refractivity contribution is 9.10. The molecule has 0 N–H and O–H groups in total. The van der Waals surface area contributed by atoms with Crippen molar-refractivity contribution in [1.82, 2.24) is 4.98 Å². The third-order valence-electron chi connectivity index (χ3n) is 3.15. The van der Waals surface area contributed by atoms with Crippen molar-refractivity contribution in [2.45, 2.75) is 11.3 Å². The Kier molecular flexibility index (Phi) is 3.06. The van der Waals surface area contributed by atoms with Gasteiger partial charge >= 0.3 is 0 Å². The van der Waals surface area contributed by atoms with E-state index in [-0.39, 0.29) is 4.90 Å². The number of anilines is 1. The maximum Gasteiger partial charge on any atom is 0.265 e. The molecule has 0 bridgehead atoms. The van der Waals surface area contributed by atoms with Crippen molar-refractivity contribution < 1.29 is 8.42 Å². The Bertz CT molecular complexity index is 731. The van der Waals surface area contributed by atoms with E-state index in [9.17, 15) is 8.42 Å². The maximum atomic E-state index is 12.7. The number of halogens is 1. The summed E-state index contributed by atoms with van der Waals surface area (Å²) in [5, 5.41) is 0. The van der Waals surface area contributed by atoms with Crippen molar-refractivity contribution in [2.24, 2.45) is 0 Å². The molecule has 3 rings (SSSR count).